The van der Waals surface area contributed by atoms with Gasteiger partial charge in [0.25, 0.3) is 5.91 Å². The highest BCUT2D eigenvalue weighted by molar-refractivity contribution is 7.11. The topological polar surface area (TPSA) is 98.7 Å². The Morgan fingerprint density at radius 1 is 1.30 bits per heavy atom. The summed E-state index contributed by atoms with van der Waals surface area (Å²) in [5.74, 6) is 0.520. The number of nitrogens with one attached hydrogen (secondary N) is 3. The minimum absolute atomic E-state index is 0.114. The van der Waals surface area contributed by atoms with Gasteiger partial charge in [0.1, 0.15) is 0 Å². The molecule has 9 heteroatoms. The molecule has 0 unspecified atom stereocenters. The molecule has 0 saturated carbocycles. The van der Waals surface area contributed by atoms with Gasteiger partial charge in [-0.05, 0) is 31.5 Å². The van der Waals surface area contributed by atoms with Crippen LogP contribution in [-0.2, 0) is 17.8 Å². The summed E-state index contributed by atoms with van der Waals surface area (Å²) < 4.78 is 0. The molecule has 1 aromatic heterocycles. The first-order valence-corrected chi connectivity index (χ1v) is 10.9. The van der Waals surface area contributed by atoms with Crippen molar-refractivity contribution >= 4 is 29.1 Å². The van der Waals surface area contributed by atoms with Gasteiger partial charge in [0, 0.05) is 49.2 Å². The summed E-state index contributed by atoms with van der Waals surface area (Å²) in [6.45, 7) is 7.28. The first-order chi connectivity index (χ1) is 14.5. The van der Waals surface area contributed by atoms with Gasteiger partial charge in [-0.3, -0.25) is 9.59 Å². The predicted octanol–water partition coefficient (Wildman–Crippen LogP) is 1.32. The van der Waals surface area contributed by atoms with E-state index in [9.17, 15) is 9.59 Å². The van der Waals surface area contributed by atoms with Crippen LogP contribution in [0.3, 0.4) is 0 Å². The third-order valence-electron chi connectivity index (χ3n) is 4.59. The molecular formula is C21H28N6O2S. The zero-order chi connectivity index (χ0) is 21.3. The molecule has 0 spiro atoms. The quantitative estimate of drug-likeness (QED) is 0.456. The smallest absolute Gasteiger partial charge is 0.254 e. The van der Waals surface area contributed by atoms with Crippen LogP contribution in [0.2, 0.25) is 0 Å². The number of piperazine rings is 1. The Hall–Kier alpha value is -2.94. The van der Waals surface area contributed by atoms with Crippen LogP contribution in [0.4, 0.5) is 0 Å². The number of nitrogens with zero attached hydrogens (tertiary/aromatic N) is 3. The van der Waals surface area contributed by atoms with Crippen molar-refractivity contribution in [3.8, 4) is 0 Å². The minimum Gasteiger partial charge on any atom is -0.357 e. The standard InChI is InChI=1S/C21H28N6O2S/c1-3-22-21(24-9-8-19-25-12-15(2)30-19)26-13-16-4-6-17(7-5-16)20(29)27-11-10-23-18(28)14-27/h4-7,12H,3,8-11,13-14H2,1-2H3,(H,23,28)(H2,22,24,26). The van der Waals surface area contributed by atoms with Crippen molar-refractivity contribution in [2.24, 2.45) is 4.99 Å². The molecule has 2 aromatic rings. The number of hydrogen-bond acceptors (Lipinski definition) is 5. The van der Waals surface area contributed by atoms with Gasteiger partial charge >= 0.3 is 0 Å². The lowest BCUT2D eigenvalue weighted by Gasteiger charge is -2.26. The second-order valence-electron chi connectivity index (χ2n) is 7.01. The average molecular weight is 429 g/mol. The monoisotopic (exact) mass is 428 g/mol. The van der Waals surface area contributed by atoms with Crippen LogP contribution in [-0.4, -0.2) is 60.4 Å². The van der Waals surface area contributed by atoms with Crippen LogP contribution in [0.15, 0.2) is 35.5 Å². The second kappa shape index (κ2) is 10.7. The molecule has 30 heavy (non-hydrogen) atoms. The molecule has 1 aromatic carbocycles. The Balaban J connectivity index is 1.53. The molecule has 0 radical (unpaired) electrons. The minimum atomic E-state index is -0.118. The van der Waals surface area contributed by atoms with E-state index in [-0.39, 0.29) is 18.4 Å². The van der Waals surface area contributed by atoms with E-state index in [1.54, 1.807) is 28.4 Å². The van der Waals surface area contributed by atoms with Crippen LogP contribution in [0.25, 0.3) is 0 Å². The molecule has 1 saturated heterocycles. The van der Waals surface area contributed by atoms with Crippen LogP contribution in [0, 0.1) is 6.92 Å². The van der Waals surface area contributed by atoms with Crippen LogP contribution in [0.5, 0.6) is 0 Å². The number of aromatic nitrogens is 1. The fraction of sp³-hybridized carbons (Fsp3) is 0.429. The summed E-state index contributed by atoms with van der Waals surface area (Å²) >= 11 is 1.71. The first-order valence-electron chi connectivity index (χ1n) is 10.1. The van der Waals surface area contributed by atoms with E-state index < -0.39 is 0 Å². The van der Waals surface area contributed by atoms with E-state index in [2.05, 4.69) is 32.9 Å². The van der Waals surface area contributed by atoms with Gasteiger partial charge in [0.15, 0.2) is 5.96 Å². The Kier molecular flexibility index (Phi) is 7.78. The van der Waals surface area contributed by atoms with Crippen LogP contribution < -0.4 is 16.0 Å². The van der Waals surface area contributed by atoms with Gasteiger partial charge in [-0.25, -0.2) is 9.98 Å². The van der Waals surface area contributed by atoms with E-state index in [0.29, 0.717) is 25.2 Å². The number of aryl methyl sites for hydroxylation is 1. The number of guanidine groups is 1. The number of hydrogen-bond donors (Lipinski definition) is 3. The molecule has 1 fully saturated rings. The molecular weight excluding hydrogens is 400 g/mol. The van der Waals surface area contributed by atoms with Crippen molar-refractivity contribution in [1.82, 2.24) is 25.8 Å². The summed E-state index contributed by atoms with van der Waals surface area (Å²) in [5.41, 5.74) is 1.59. The van der Waals surface area contributed by atoms with Crippen molar-refractivity contribution in [3.05, 3.63) is 51.5 Å². The van der Waals surface area contributed by atoms with E-state index in [4.69, 9.17) is 0 Å². The van der Waals surface area contributed by atoms with Gasteiger partial charge < -0.3 is 20.9 Å². The lowest BCUT2D eigenvalue weighted by atomic mass is 10.1. The lowest BCUT2D eigenvalue weighted by Crippen LogP contribution is -2.49. The molecule has 0 aliphatic carbocycles. The SMILES string of the molecule is CCNC(=NCc1ccc(C(=O)N2CCNC(=O)C2)cc1)NCCc1ncc(C)s1. The summed E-state index contributed by atoms with van der Waals surface area (Å²) in [7, 11) is 0. The molecule has 3 N–H and O–H groups in total. The summed E-state index contributed by atoms with van der Waals surface area (Å²) in [6, 6.07) is 7.40. The zero-order valence-electron chi connectivity index (χ0n) is 17.4. The Morgan fingerprint density at radius 2 is 2.10 bits per heavy atom. The predicted molar refractivity (Wildman–Crippen MR) is 119 cm³/mol. The molecule has 160 valence electrons. The van der Waals surface area contributed by atoms with Crippen LogP contribution >= 0.6 is 11.3 Å². The number of carbonyl (C=O) groups is 2. The molecule has 3 rings (SSSR count). The number of rotatable bonds is 7. The molecule has 8 nitrogen and oxygen atoms in total. The van der Waals surface area contributed by atoms with Crippen molar-refractivity contribution in [2.45, 2.75) is 26.8 Å². The van der Waals surface area contributed by atoms with Gasteiger partial charge in [-0.1, -0.05) is 12.1 Å². The Morgan fingerprint density at radius 3 is 2.77 bits per heavy atom. The molecule has 1 aliphatic rings. The number of amides is 2. The van der Waals surface area contributed by atoms with Gasteiger partial charge in [0.2, 0.25) is 5.91 Å². The molecule has 2 amide bonds. The van der Waals surface area contributed by atoms with E-state index in [1.807, 2.05) is 25.3 Å². The van der Waals surface area contributed by atoms with Crippen molar-refractivity contribution in [2.75, 3.05) is 32.7 Å². The Bertz CT molecular complexity index is 893. The number of carbonyl (C=O) groups excluding carboxylic acids is 2. The maximum Gasteiger partial charge on any atom is 0.254 e. The second-order valence-corrected chi connectivity index (χ2v) is 8.33. The highest BCUT2D eigenvalue weighted by Gasteiger charge is 2.22. The van der Waals surface area contributed by atoms with Crippen LogP contribution in [0.1, 0.15) is 32.7 Å². The third kappa shape index (κ3) is 6.28. The maximum atomic E-state index is 12.5. The average Bonchev–Trinajstić information content (AvgIpc) is 3.17. The molecule has 0 bridgehead atoms. The highest BCUT2D eigenvalue weighted by atomic mass is 32.1. The normalized spacial score (nSPS) is 14.4. The third-order valence-corrected chi connectivity index (χ3v) is 5.56. The lowest BCUT2D eigenvalue weighted by molar-refractivity contribution is -0.123. The van der Waals surface area contributed by atoms with E-state index >= 15 is 0 Å². The van der Waals surface area contributed by atoms with Gasteiger partial charge in [-0.2, -0.15) is 0 Å². The fourth-order valence-corrected chi connectivity index (χ4v) is 3.85. The number of thiazole rings is 1. The fourth-order valence-electron chi connectivity index (χ4n) is 3.06. The van der Waals surface area contributed by atoms with Gasteiger partial charge in [-0.15, -0.1) is 11.3 Å². The zero-order valence-corrected chi connectivity index (χ0v) is 18.2. The number of benzene rings is 1. The first kappa shape index (κ1) is 21.8. The molecule has 1 aliphatic heterocycles. The summed E-state index contributed by atoms with van der Waals surface area (Å²) in [4.78, 5) is 35.8. The van der Waals surface area contributed by atoms with E-state index in [1.165, 1.54) is 4.88 Å². The van der Waals surface area contributed by atoms with Crippen molar-refractivity contribution in [1.29, 1.82) is 0 Å². The Labute approximate surface area is 180 Å². The number of aliphatic imine (C=N–C) groups is 1. The van der Waals surface area contributed by atoms with Crippen molar-refractivity contribution < 1.29 is 9.59 Å². The molecule has 0 atom stereocenters. The summed E-state index contributed by atoms with van der Waals surface area (Å²) in [6.07, 6.45) is 2.75. The maximum absolute atomic E-state index is 12.5. The van der Waals surface area contributed by atoms with Gasteiger partial charge in [0.05, 0.1) is 18.1 Å². The van der Waals surface area contributed by atoms with Crippen molar-refractivity contribution in [3.63, 3.8) is 0 Å². The summed E-state index contributed by atoms with van der Waals surface area (Å²) in [5, 5.41) is 10.4. The highest BCUT2D eigenvalue weighted by Crippen LogP contribution is 2.11. The largest absolute Gasteiger partial charge is 0.357 e. The van der Waals surface area contributed by atoms with E-state index in [0.717, 1.165) is 36.0 Å². The molecule has 2 heterocycles.